The summed E-state index contributed by atoms with van der Waals surface area (Å²) in [6.45, 7) is 10.7. The Morgan fingerprint density at radius 3 is 1.33 bits per heavy atom. The molecule has 0 spiro atoms. The number of likely N-dealkylation sites (tertiary alicyclic amines) is 1. The molecule has 4 fully saturated rings. The zero-order valence-corrected chi connectivity index (χ0v) is 83.5. The van der Waals surface area contributed by atoms with Crippen LogP contribution in [0.3, 0.4) is 0 Å². The highest BCUT2D eigenvalue weighted by molar-refractivity contribution is 8.77. The molecule has 0 aromatic heterocycles. The molecule has 788 valence electrons. The average molecular weight is 1990 g/mol. The van der Waals surface area contributed by atoms with E-state index in [1.54, 1.807) is 42.7 Å². The van der Waals surface area contributed by atoms with Gasteiger partial charge in [0, 0.05) is 141 Å². The third kappa shape index (κ3) is 52.5. The molecule has 18 atom stereocenters. The number of unbranched alkanes of at least 4 members (excludes halogenated alkanes) is 13. The van der Waals surface area contributed by atoms with Gasteiger partial charge < -0.3 is 139 Å². The van der Waals surface area contributed by atoms with Gasteiger partial charge in [-0.05, 0) is 141 Å². The molecule has 0 bridgehead atoms. The van der Waals surface area contributed by atoms with E-state index in [4.69, 9.17) is 61.6 Å². The fourth-order valence-corrected chi connectivity index (χ4v) is 19.3. The predicted molar refractivity (Wildman–Crippen MR) is 504 cm³/mol. The molecule has 41 heteroatoms. The molecule has 0 aromatic carbocycles. The highest BCUT2D eigenvalue weighted by Crippen LogP contribution is 2.41. The van der Waals surface area contributed by atoms with Gasteiger partial charge in [-0.2, -0.15) is 0 Å². The number of methoxy groups -OCH3 is 2. The first-order valence-corrected chi connectivity index (χ1v) is 52.0. The number of esters is 2. The van der Waals surface area contributed by atoms with E-state index in [9.17, 15) is 98.7 Å². The van der Waals surface area contributed by atoms with Crippen LogP contribution >= 0.6 is 21.6 Å². The van der Waals surface area contributed by atoms with Gasteiger partial charge in [0.1, 0.15) is 78.3 Å². The molecule has 0 saturated carbocycles. The number of alkyl carbamates (subject to hydrolysis) is 1. The summed E-state index contributed by atoms with van der Waals surface area (Å²) in [4.78, 5) is 143. The van der Waals surface area contributed by atoms with E-state index in [0.29, 0.717) is 187 Å². The number of carbonyl (C=O) groups is 11. The largest absolute Gasteiger partial charge is 0.466 e. The Morgan fingerprint density at radius 2 is 0.838 bits per heavy atom. The Morgan fingerprint density at radius 1 is 0.419 bits per heavy atom. The maximum absolute atomic E-state index is 14.3. The maximum atomic E-state index is 14.3. The standard InChI is InChI=1S/C95H168N6O33S2/c1-66-84(115)85(116)74(62-102)132-90(66)128-49-26-34-77(110)96-45-22-14-9-12-18-37-80(113)126-51-28-41-95(42-29-52-127-81(114)38-19-13-10-15-23-46-97-78(111)35-27-50-130-92-83(100-68(3)106)89(120)87(118)76(64-104)134-92,43-30-53-131-93(121)98-47-24-16-8-11-17-31-70(107)33-25-48-129-91-82(99-67(2)105)88(119)86(117)75(63-103)133-91)60-72(109)40-54-124-55-56-125-57-58-135-136-94(4,5)44-39-71(108)32-20-21-36-79(112)101-61-73(123-7)59-69(101)65-122-6/h66,69,73-76,82-92,102-104,115-120H,8-65H2,1-7H3,(H,96,110)(H,97,111)(H,98,121)(H,99,105)(H,100,106)/t66?,69-,73+,74?,75?,76?,82?,83?,84?,85?,86?,87?,88?,89?,90?,91?,92?,95?/m1/s1. The van der Waals surface area contributed by atoms with Gasteiger partial charge in [-0.25, -0.2) is 4.79 Å². The number of hydrogen-bond donors (Lipinski definition) is 14. The van der Waals surface area contributed by atoms with Crippen LogP contribution in [0.15, 0.2) is 0 Å². The van der Waals surface area contributed by atoms with Crippen molar-refractivity contribution in [1.29, 1.82) is 0 Å². The summed E-state index contributed by atoms with van der Waals surface area (Å²) >= 11 is 0. The third-order valence-electron chi connectivity index (χ3n) is 24.8. The number of ketones is 3. The predicted octanol–water partition coefficient (Wildman–Crippen LogP) is 6.02. The zero-order chi connectivity index (χ0) is 99.9. The first kappa shape index (κ1) is 123. The van der Waals surface area contributed by atoms with E-state index in [2.05, 4.69) is 40.4 Å². The number of hydrogen-bond acceptors (Lipinski definition) is 35. The average Bonchev–Trinajstić information content (AvgIpc) is 0.876. The number of aliphatic hydroxyl groups excluding tert-OH is 9. The van der Waals surface area contributed by atoms with Crippen molar-refractivity contribution < 1.29 is 160 Å². The molecule has 0 aromatic rings. The van der Waals surface area contributed by atoms with Crippen LogP contribution in [-0.4, -0.2) is 357 Å². The van der Waals surface area contributed by atoms with Crippen molar-refractivity contribution in [3.8, 4) is 0 Å². The molecule has 4 heterocycles. The molecular weight excluding hydrogens is 1820 g/mol. The van der Waals surface area contributed by atoms with Gasteiger partial charge in [0.2, 0.25) is 29.5 Å². The number of Topliss-reactive ketones (excluding diaryl/α,β-unsaturated/α-hetero) is 3. The molecule has 39 nitrogen and oxygen atoms in total. The summed E-state index contributed by atoms with van der Waals surface area (Å²) in [5.74, 6) is -1.63. The third-order valence-corrected chi connectivity index (χ3v) is 28.1. The first-order chi connectivity index (χ1) is 65.3. The molecule has 16 unspecified atom stereocenters. The number of ether oxygens (including phenoxy) is 13. The highest BCUT2D eigenvalue weighted by Gasteiger charge is 2.48. The molecule has 0 aliphatic carbocycles. The fourth-order valence-electron chi connectivity index (χ4n) is 16.8. The lowest BCUT2D eigenvalue weighted by molar-refractivity contribution is -0.282. The quantitative estimate of drug-likeness (QED) is 0.0143. The maximum Gasteiger partial charge on any atom is 0.407 e. The molecule has 4 rings (SSSR count). The monoisotopic (exact) mass is 1990 g/mol. The second kappa shape index (κ2) is 72.7. The van der Waals surface area contributed by atoms with Gasteiger partial charge in [-0.3, -0.25) is 47.9 Å². The smallest absolute Gasteiger partial charge is 0.407 e. The van der Waals surface area contributed by atoms with Crippen LogP contribution in [0.2, 0.25) is 0 Å². The molecule has 6 amide bonds. The summed E-state index contributed by atoms with van der Waals surface area (Å²) in [5, 5.41) is 104. The van der Waals surface area contributed by atoms with E-state index in [0.717, 1.165) is 70.6 Å². The van der Waals surface area contributed by atoms with E-state index in [-0.39, 0.29) is 162 Å². The number of nitrogens with one attached hydrogen (secondary N) is 5. The summed E-state index contributed by atoms with van der Waals surface area (Å²) in [6.07, 6.45) is 5.14. The van der Waals surface area contributed by atoms with Crippen LogP contribution in [-0.2, 0) is 110 Å². The highest BCUT2D eigenvalue weighted by atomic mass is 33.1. The molecule has 4 aliphatic heterocycles. The Labute approximate surface area is 812 Å². The number of nitrogens with zero attached hydrogens (tertiary/aromatic N) is 1. The lowest BCUT2D eigenvalue weighted by Crippen LogP contribution is -2.64. The fraction of sp³-hybridized carbons (Fsp3) is 0.884. The van der Waals surface area contributed by atoms with Crippen molar-refractivity contribution in [2.75, 3.05) is 139 Å². The molecule has 14 N–H and O–H groups in total. The Hall–Kier alpha value is -5.49. The van der Waals surface area contributed by atoms with Crippen molar-refractivity contribution >= 4 is 86.5 Å². The Balaban J connectivity index is 1.27. The molecule has 136 heavy (non-hydrogen) atoms. The number of amides is 6. The van der Waals surface area contributed by atoms with Crippen LogP contribution in [0, 0.1) is 11.3 Å². The van der Waals surface area contributed by atoms with E-state index < -0.39 is 135 Å². The van der Waals surface area contributed by atoms with Crippen LogP contribution in [0.4, 0.5) is 4.79 Å². The van der Waals surface area contributed by atoms with Crippen molar-refractivity contribution in [2.24, 2.45) is 11.3 Å². The van der Waals surface area contributed by atoms with E-state index in [1.165, 1.54) is 13.8 Å². The van der Waals surface area contributed by atoms with Crippen molar-refractivity contribution in [2.45, 2.75) is 388 Å². The van der Waals surface area contributed by atoms with E-state index >= 15 is 0 Å². The Bertz CT molecular complexity index is 3230. The van der Waals surface area contributed by atoms with Gasteiger partial charge in [0.25, 0.3) is 0 Å². The van der Waals surface area contributed by atoms with Gasteiger partial charge >= 0.3 is 18.0 Å². The van der Waals surface area contributed by atoms with Gasteiger partial charge in [-0.1, -0.05) is 86.3 Å². The summed E-state index contributed by atoms with van der Waals surface area (Å²) in [7, 11) is 6.66. The van der Waals surface area contributed by atoms with Crippen LogP contribution < -0.4 is 26.6 Å². The van der Waals surface area contributed by atoms with Crippen molar-refractivity contribution in [1.82, 2.24) is 31.5 Å². The first-order valence-electron chi connectivity index (χ1n) is 49.6. The summed E-state index contributed by atoms with van der Waals surface area (Å²) in [6, 6.07) is -2.17. The van der Waals surface area contributed by atoms with Crippen LogP contribution in [0.5, 0.6) is 0 Å². The topological polar surface area (TPSA) is 553 Å². The lowest BCUT2D eigenvalue weighted by Gasteiger charge is -2.42. The van der Waals surface area contributed by atoms with Crippen LogP contribution in [0.25, 0.3) is 0 Å². The lowest BCUT2D eigenvalue weighted by atomic mass is 9.71. The molecule has 0 radical (unpaired) electrons. The second-order valence-electron chi connectivity index (χ2n) is 36.8. The normalized spacial score (nSPS) is 23.9. The van der Waals surface area contributed by atoms with Crippen LogP contribution in [0.1, 0.15) is 285 Å². The minimum absolute atomic E-state index is 0.00275. The van der Waals surface area contributed by atoms with Gasteiger partial charge in [-0.15, -0.1) is 0 Å². The van der Waals surface area contributed by atoms with E-state index in [1.807, 2.05) is 4.90 Å². The zero-order valence-electron chi connectivity index (χ0n) is 81.9. The number of carbonyl (C=O) groups excluding carboxylic acids is 11. The Kier molecular flexibility index (Phi) is 65.7. The van der Waals surface area contributed by atoms with Gasteiger partial charge in [0.15, 0.2) is 18.9 Å². The number of aliphatic hydroxyl groups is 9. The minimum atomic E-state index is -1.45. The molecule has 4 aliphatic rings. The molecular formula is C95H168N6O33S2. The SMILES string of the molecule is COC[C@H]1C[C@H](OC)CN1C(=O)CCCCC(=O)CCC(C)(C)SSCCOCCOCCC(=O)CC(CCCOC(=O)CCCCCCCNC(=O)CCCOC1OC(CO)C(O)C(O)C1C)(CCCOC(=O)CCCCCCCNC(=O)CCCOC1OC(CO)C(O)C(O)C1NC(C)=O)CCCOC(=O)NCCCCCCCC(=O)CCCOC1OC(CO)C(O)C(O)C1NC(C)=O. The number of rotatable bonds is 80. The summed E-state index contributed by atoms with van der Waals surface area (Å²) < 4.78 is 73.7. The van der Waals surface area contributed by atoms with Crippen molar-refractivity contribution in [3.05, 3.63) is 0 Å². The van der Waals surface area contributed by atoms with Gasteiger partial charge in [0.05, 0.1) is 111 Å². The molecule has 4 saturated heterocycles. The second-order valence-corrected chi connectivity index (χ2v) is 39.9. The minimum Gasteiger partial charge on any atom is -0.466 e. The van der Waals surface area contributed by atoms with Crippen molar-refractivity contribution in [3.63, 3.8) is 0 Å². The summed E-state index contributed by atoms with van der Waals surface area (Å²) in [5.41, 5.74) is -0.704.